The summed E-state index contributed by atoms with van der Waals surface area (Å²) in [5.74, 6) is -2.22. The fraction of sp³-hybridized carbons (Fsp3) is 0.562. The van der Waals surface area contributed by atoms with E-state index < -0.39 is 53.7 Å². The van der Waals surface area contributed by atoms with E-state index in [0.717, 1.165) is 24.6 Å². The smallest absolute Gasteiger partial charge is 0.330 e. The van der Waals surface area contributed by atoms with Gasteiger partial charge < -0.3 is 18.9 Å². The number of carbonyl (C=O) groups excluding carboxylic acids is 3. The molecule has 28 heavy (non-hydrogen) atoms. The van der Waals surface area contributed by atoms with Crippen LogP contribution in [-0.2, 0) is 39.2 Å². The van der Waals surface area contributed by atoms with Crippen LogP contribution in [0.4, 0.5) is 0 Å². The molecule has 1 aliphatic rings. The molecule has 1 aliphatic heterocycles. The van der Waals surface area contributed by atoms with Gasteiger partial charge >= 0.3 is 23.6 Å². The number of halogens is 1. The number of carbonyl (C=O) groups is 3. The predicted octanol–water partition coefficient (Wildman–Crippen LogP) is -0.401. The van der Waals surface area contributed by atoms with Crippen LogP contribution in [-0.4, -0.2) is 52.4 Å². The van der Waals surface area contributed by atoms with E-state index in [9.17, 15) is 24.0 Å². The lowest BCUT2D eigenvalue weighted by Crippen LogP contribution is -2.42. The Morgan fingerprint density at radius 1 is 1.11 bits per heavy atom. The molecular formula is C16H19ClN2O9. The first-order valence-corrected chi connectivity index (χ1v) is 8.71. The molecule has 0 bridgehead atoms. The van der Waals surface area contributed by atoms with E-state index in [0.29, 0.717) is 0 Å². The van der Waals surface area contributed by atoms with Crippen molar-refractivity contribution in [2.24, 2.45) is 0 Å². The van der Waals surface area contributed by atoms with Gasteiger partial charge in [0.15, 0.2) is 18.4 Å². The van der Waals surface area contributed by atoms with Crippen molar-refractivity contribution < 1.29 is 33.3 Å². The highest BCUT2D eigenvalue weighted by Crippen LogP contribution is 2.33. The van der Waals surface area contributed by atoms with Crippen molar-refractivity contribution in [2.45, 2.75) is 51.2 Å². The van der Waals surface area contributed by atoms with E-state index in [4.69, 9.17) is 30.5 Å². The van der Waals surface area contributed by atoms with Gasteiger partial charge in [0.2, 0.25) is 0 Å². The zero-order valence-corrected chi connectivity index (χ0v) is 16.1. The van der Waals surface area contributed by atoms with Crippen molar-refractivity contribution in [3.05, 3.63) is 32.6 Å². The van der Waals surface area contributed by atoms with Crippen LogP contribution in [0.15, 0.2) is 15.8 Å². The van der Waals surface area contributed by atoms with Gasteiger partial charge in [-0.1, -0.05) is 0 Å². The number of aromatic nitrogens is 2. The van der Waals surface area contributed by atoms with Gasteiger partial charge in [0.05, 0.1) is 5.88 Å². The number of esters is 3. The number of alkyl halides is 1. The summed E-state index contributed by atoms with van der Waals surface area (Å²) in [7, 11) is 0. The molecular weight excluding hydrogens is 400 g/mol. The number of nitrogens with one attached hydrogen (secondary N) is 1. The minimum atomic E-state index is -1.26. The second-order valence-electron chi connectivity index (χ2n) is 5.97. The van der Waals surface area contributed by atoms with Crippen molar-refractivity contribution in [1.82, 2.24) is 9.55 Å². The molecule has 2 rings (SSSR count). The lowest BCUT2D eigenvalue weighted by Gasteiger charge is -2.24. The molecule has 1 aromatic rings. The summed E-state index contributed by atoms with van der Waals surface area (Å²) in [6.07, 6.45) is -3.53. The number of H-pyrrole nitrogens is 1. The van der Waals surface area contributed by atoms with Gasteiger partial charge in [-0.3, -0.25) is 28.7 Å². The SMILES string of the molecule is CC(=O)OC[C@H]1O[C@@H](n2cc(CCl)c(=O)[nH]c2=O)[C@H](OC(C)=O)[C@@H]1OC(C)=O. The monoisotopic (exact) mass is 418 g/mol. The van der Waals surface area contributed by atoms with Gasteiger partial charge in [-0.05, 0) is 0 Å². The molecule has 1 N–H and O–H groups in total. The Morgan fingerprint density at radius 2 is 1.71 bits per heavy atom. The quantitative estimate of drug-likeness (QED) is 0.370. The molecule has 0 unspecified atom stereocenters. The average Bonchev–Trinajstić information content (AvgIpc) is 2.89. The lowest BCUT2D eigenvalue weighted by atomic mass is 10.1. The fourth-order valence-corrected chi connectivity index (χ4v) is 2.92. The van der Waals surface area contributed by atoms with Crippen LogP contribution < -0.4 is 11.2 Å². The molecule has 11 nitrogen and oxygen atoms in total. The van der Waals surface area contributed by atoms with Gasteiger partial charge in [0, 0.05) is 32.5 Å². The van der Waals surface area contributed by atoms with Gasteiger partial charge in [-0.15, -0.1) is 11.6 Å². The summed E-state index contributed by atoms with van der Waals surface area (Å²) in [5.41, 5.74) is -1.46. The predicted molar refractivity (Wildman–Crippen MR) is 92.5 cm³/mol. The second kappa shape index (κ2) is 9.02. The maximum absolute atomic E-state index is 12.3. The highest BCUT2D eigenvalue weighted by atomic mass is 35.5. The van der Waals surface area contributed by atoms with Crippen molar-refractivity contribution in [1.29, 1.82) is 0 Å². The summed E-state index contributed by atoms with van der Waals surface area (Å²) in [6, 6.07) is 0. The van der Waals surface area contributed by atoms with Gasteiger partial charge in [-0.25, -0.2) is 4.79 Å². The minimum Gasteiger partial charge on any atom is -0.463 e. The summed E-state index contributed by atoms with van der Waals surface area (Å²) in [4.78, 5) is 60.3. The Hall–Kier alpha value is -2.66. The Kier molecular flexibility index (Phi) is 6.97. The standard InChI is InChI=1S/C16H19ClN2O9/c1-7(20)25-6-11-12(26-8(2)21)13(27-9(3)22)15(28-11)19-5-10(4-17)14(23)18-16(19)24/h5,11-13,15H,4,6H2,1-3H3,(H,18,23,24)/t11-,12-,13-,15-/m1/s1. The van der Waals surface area contributed by atoms with Gasteiger partial charge in [0.25, 0.3) is 5.56 Å². The zero-order valence-electron chi connectivity index (χ0n) is 15.3. The van der Waals surface area contributed by atoms with E-state index in [-0.39, 0.29) is 18.1 Å². The number of ether oxygens (including phenoxy) is 4. The normalized spacial score (nSPS) is 23.9. The van der Waals surface area contributed by atoms with E-state index in [1.165, 1.54) is 6.92 Å². The summed E-state index contributed by atoms with van der Waals surface area (Å²) in [5, 5.41) is 0. The molecule has 0 aliphatic carbocycles. The molecule has 12 heteroatoms. The summed E-state index contributed by atoms with van der Waals surface area (Å²) in [6.45, 7) is 3.12. The maximum atomic E-state index is 12.3. The molecule has 0 spiro atoms. The van der Waals surface area contributed by atoms with Crippen LogP contribution in [0.1, 0.15) is 32.6 Å². The first-order valence-electron chi connectivity index (χ1n) is 8.17. The van der Waals surface area contributed by atoms with Crippen molar-refractivity contribution in [2.75, 3.05) is 6.61 Å². The molecule has 0 aromatic carbocycles. The highest BCUT2D eigenvalue weighted by Gasteiger charge is 2.51. The van der Waals surface area contributed by atoms with Gasteiger partial charge in [-0.2, -0.15) is 0 Å². The molecule has 4 atom stereocenters. The lowest BCUT2D eigenvalue weighted by molar-refractivity contribution is -0.166. The molecule has 0 radical (unpaired) electrons. The molecule has 0 saturated carbocycles. The second-order valence-corrected chi connectivity index (χ2v) is 6.24. The van der Waals surface area contributed by atoms with Crippen LogP contribution in [0.5, 0.6) is 0 Å². The minimum absolute atomic E-state index is 0.0684. The third-order valence-electron chi connectivity index (χ3n) is 3.80. The largest absolute Gasteiger partial charge is 0.463 e. The fourth-order valence-electron chi connectivity index (χ4n) is 2.73. The Morgan fingerprint density at radius 3 is 2.25 bits per heavy atom. The number of hydrogen-bond donors (Lipinski definition) is 1. The van der Waals surface area contributed by atoms with Crippen LogP contribution in [0.2, 0.25) is 0 Å². The first-order chi connectivity index (χ1) is 13.1. The van der Waals surface area contributed by atoms with Crippen LogP contribution in [0.3, 0.4) is 0 Å². The van der Waals surface area contributed by atoms with Crippen molar-refractivity contribution >= 4 is 29.5 Å². The third kappa shape index (κ3) is 4.98. The molecule has 1 aromatic heterocycles. The third-order valence-corrected chi connectivity index (χ3v) is 4.09. The summed E-state index contributed by atoms with van der Waals surface area (Å²) < 4.78 is 22.0. The molecule has 154 valence electrons. The van der Waals surface area contributed by atoms with Crippen molar-refractivity contribution in [3.63, 3.8) is 0 Å². The van der Waals surface area contributed by atoms with E-state index in [1.807, 2.05) is 0 Å². The highest BCUT2D eigenvalue weighted by molar-refractivity contribution is 6.17. The number of hydrogen-bond acceptors (Lipinski definition) is 9. The number of nitrogens with zero attached hydrogens (tertiary/aromatic N) is 1. The topological polar surface area (TPSA) is 143 Å². The Bertz CT molecular complexity index is 878. The van der Waals surface area contributed by atoms with Crippen LogP contribution in [0.25, 0.3) is 0 Å². The molecule has 0 amide bonds. The van der Waals surface area contributed by atoms with E-state index in [2.05, 4.69) is 4.98 Å². The van der Waals surface area contributed by atoms with Crippen molar-refractivity contribution in [3.8, 4) is 0 Å². The molecule has 1 saturated heterocycles. The average molecular weight is 419 g/mol. The first kappa shape index (κ1) is 21.6. The van der Waals surface area contributed by atoms with Gasteiger partial charge in [0.1, 0.15) is 12.7 Å². The van der Waals surface area contributed by atoms with Crippen LogP contribution >= 0.6 is 11.6 Å². The van der Waals surface area contributed by atoms with E-state index in [1.54, 1.807) is 0 Å². The molecule has 1 fully saturated rings. The number of aromatic amines is 1. The van der Waals surface area contributed by atoms with E-state index >= 15 is 0 Å². The maximum Gasteiger partial charge on any atom is 0.330 e. The summed E-state index contributed by atoms with van der Waals surface area (Å²) >= 11 is 5.71. The molecule has 2 heterocycles. The Labute approximate surface area is 163 Å². The van der Waals surface area contributed by atoms with Crippen LogP contribution in [0, 0.1) is 0 Å². The zero-order chi connectivity index (χ0) is 21.0. The number of rotatable bonds is 6. The Balaban J connectivity index is 2.49.